The molecule has 0 saturated carbocycles. The van der Waals surface area contributed by atoms with Crippen LogP contribution in [0.25, 0.3) is 0 Å². The minimum absolute atomic E-state index is 0.324. The van der Waals surface area contributed by atoms with Crippen LogP contribution in [-0.2, 0) is 4.74 Å². The fourth-order valence-electron chi connectivity index (χ4n) is 1.84. The third-order valence-electron chi connectivity index (χ3n) is 3.24. The molecule has 3 heteroatoms. The molecule has 1 aliphatic heterocycles. The van der Waals surface area contributed by atoms with Gasteiger partial charge in [0.25, 0.3) is 0 Å². The van der Waals surface area contributed by atoms with Crippen molar-refractivity contribution in [1.82, 2.24) is 4.90 Å². The molecule has 1 saturated heterocycles. The Bertz CT molecular complexity index is 243. The second-order valence-electron chi connectivity index (χ2n) is 4.70. The van der Waals surface area contributed by atoms with Crippen LogP contribution in [0.2, 0.25) is 0 Å². The summed E-state index contributed by atoms with van der Waals surface area (Å²) >= 11 is 0. The molecule has 1 N–H and O–H groups in total. The minimum atomic E-state index is -0.536. The van der Waals surface area contributed by atoms with Crippen LogP contribution in [0.5, 0.6) is 0 Å². The maximum atomic E-state index is 9.83. The zero-order chi connectivity index (χ0) is 12.0. The van der Waals surface area contributed by atoms with Gasteiger partial charge >= 0.3 is 0 Å². The molecule has 0 spiro atoms. The van der Waals surface area contributed by atoms with E-state index in [0.29, 0.717) is 13.2 Å². The molecule has 0 aliphatic carbocycles. The highest BCUT2D eigenvalue weighted by molar-refractivity contribution is 5.05. The van der Waals surface area contributed by atoms with Crippen LogP contribution in [0.4, 0.5) is 0 Å². The van der Waals surface area contributed by atoms with Gasteiger partial charge in [-0.05, 0) is 39.3 Å². The summed E-state index contributed by atoms with van der Waals surface area (Å²) in [6.45, 7) is 7.09. The molecule has 1 fully saturated rings. The molecule has 1 rings (SSSR count). The number of aliphatic hydroxyl groups is 1. The van der Waals surface area contributed by atoms with Crippen LogP contribution in [0.3, 0.4) is 0 Å². The summed E-state index contributed by atoms with van der Waals surface area (Å²) in [5, 5.41) is 9.83. The van der Waals surface area contributed by atoms with Crippen LogP contribution in [0.1, 0.15) is 33.1 Å². The van der Waals surface area contributed by atoms with Gasteiger partial charge in [-0.3, -0.25) is 0 Å². The van der Waals surface area contributed by atoms with Gasteiger partial charge < -0.3 is 14.7 Å². The number of nitrogens with zero attached hydrogens (tertiary/aromatic N) is 1. The molecule has 0 amide bonds. The number of aliphatic hydroxyl groups excluding tert-OH is 1. The van der Waals surface area contributed by atoms with Crippen molar-refractivity contribution < 1.29 is 9.84 Å². The summed E-state index contributed by atoms with van der Waals surface area (Å²) in [5.74, 6) is 2.63. The molecule has 0 aromatic rings. The highest BCUT2D eigenvalue weighted by atomic mass is 16.5. The smallest absolute Gasteiger partial charge is 0.125 e. The number of hydrogen-bond acceptors (Lipinski definition) is 3. The normalized spacial score (nSPS) is 22.6. The third-order valence-corrected chi connectivity index (χ3v) is 3.24. The summed E-state index contributed by atoms with van der Waals surface area (Å²) in [5.41, 5.74) is -0.536. The van der Waals surface area contributed by atoms with Crippen LogP contribution in [0.15, 0.2) is 0 Å². The van der Waals surface area contributed by atoms with Crippen molar-refractivity contribution in [2.45, 2.75) is 44.8 Å². The Balaban J connectivity index is 2.23. The molecule has 3 nitrogen and oxygen atoms in total. The number of terminal acetylenes is 1. The van der Waals surface area contributed by atoms with Gasteiger partial charge in [0, 0.05) is 6.54 Å². The topological polar surface area (TPSA) is 32.7 Å². The largest absolute Gasteiger partial charge is 0.389 e. The lowest BCUT2D eigenvalue weighted by atomic mass is 10.1. The molecule has 0 aromatic heterocycles. The molecule has 16 heavy (non-hydrogen) atoms. The van der Waals surface area contributed by atoms with E-state index in [4.69, 9.17) is 11.2 Å². The van der Waals surface area contributed by atoms with Crippen LogP contribution >= 0.6 is 0 Å². The Hall–Kier alpha value is -0.560. The lowest BCUT2D eigenvalue weighted by molar-refractivity contribution is -0.0455. The Morgan fingerprint density at radius 1 is 1.50 bits per heavy atom. The monoisotopic (exact) mass is 225 g/mol. The fourth-order valence-corrected chi connectivity index (χ4v) is 1.84. The Morgan fingerprint density at radius 3 is 2.62 bits per heavy atom. The quantitative estimate of drug-likeness (QED) is 0.691. The first-order chi connectivity index (χ1) is 7.59. The summed E-state index contributed by atoms with van der Waals surface area (Å²) in [6, 6.07) is 0. The zero-order valence-electron chi connectivity index (χ0n) is 10.4. The van der Waals surface area contributed by atoms with Crippen LogP contribution < -0.4 is 0 Å². The van der Waals surface area contributed by atoms with Crippen molar-refractivity contribution in [3.8, 4) is 12.3 Å². The average Bonchev–Trinajstić information content (AvgIpc) is 2.79. The van der Waals surface area contributed by atoms with Crippen molar-refractivity contribution >= 4 is 0 Å². The van der Waals surface area contributed by atoms with E-state index in [2.05, 4.69) is 10.8 Å². The zero-order valence-corrected chi connectivity index (χ0v) is 10.4. The van der Waals surface area contributed by atoms with Gasteiger partial charge in [0.05, 0.1) is 12.7 Å². The molecule has 0 bridgehead atoms. The Labute approximate surface area is 98.8 Å². The molecular weight excluding hydrogens is 202 g/mol. The molecule has 0 radical (unpaired) electrons. The number of likely N-dealkylation sites (tertiary alicyclic amines) is 1. The summed E-state index contributed by atoms with van der Waals surface area (Å²) in [7, 11) is 0. The van der Waals surface area contributed by atoms with Gasteiger partial charge in [-0.15, -0.1) is 6.42 Å². The molecular formula is C13H23NO2. The van der Waals surface area contributed by atoms with E-state index < -0.39 is 11.7 Å². The number of hydrogen-bond donors (Lipinski definition) is 1. The standard InChI is InChI=1S/C13H23NO2/c1-4-13(3,5-2)16-11-12(15)10-14-8-6-7-9-14/h1,12,15H,5-11H2,2-3H3/t12-,13+/m1/s1. The highest BCUT2D eigenvalue weighted by Gasteiger charge is 2.22. The van der Waals surface area contributed by atoms with Crippen molar-refractivity contribution in [1.29, 1.82) is 0 Å². The molecule has 2 atom stereocenters. The number of ether oxygens (including phenoxy) is 1. The fraction of sp³-hybridized carbons (Fsp3) is 0.846. The maximum Gasteiger partial charge on any atom is 0.125 e. The van der Waals surface area contributed by atoms with Gasteiger partial charge in [0.15, 0.2) is 0 Å². The van der Waals surface area contributed by atoms with E-state index in [-0.39, 0.29) is 0 Å². The van der Waals surface area contributed by atoms with E-state index >= 15 is 0 Å². The van der Waals surface area contributed by atoms with Gasteiger partial charge in [0.1, 0.15) is 5.60 Å². The molecule has 1 aliphatic rings. The lowest BCUT2D eigenvalue weighted by Gasteiger charge is -2.26. The number of β-amino-alcohol motifs (C(OH)–C–C–N with tert-alkyl or cyclic N) is 1. The van der Waals surface area contributed by atoms with Gasteiger partial charge in [-0.2, -0.15) is 0 Å². The second kappa shape index (κ2) is 6.24. The first-order valence-electron chi connectivity index (χ1n) is 6.12. The Morgan fingerprint density at radius 2 is 2.12 bits per heavy atom. The van der Waals surface area contributed by atoms with E-state index in [1.165, 1.54) is 12.8 Å². The maximum absolute atomic E-state index is 9.83. The second-order valence-corrected chi connectivity index (χ2v) is 4.70. The highest BCUT2D eigenvalue weighted by Crippen LogP contribution is 2.14. The van der Waals surface area contributed by atoms with E-state index in [0.717, 1.165) is 19.5 Å². The third kappa shape index (κ3) is 4.13. The average molecular weight is 225 g/mol. The van der Waals surface area contributed by atoms with Crippen molar-refractivity contribution in [3.63, 3.8) is 0 Å². The summed E-state index contributed by atoms with van der Waals surface area (Å²) in [6.07, 6.45) is 8.21. The molecule has 1 heterocycles. The van der Waals surface area contributed by atoms with Crippen molar-refractivity contribution in [2.24, 2.45) is 0 Å². The van der Waals surface area contributed by atoms with Gasteiger partial charge in [0.2, 0.25) is 0 Å². The molecule has 0 unspecified atom stereocenters. The summed E-state index contributed by atoms with van der Waals surface area (Å²) < 4.78 is 5.59. The predicted octanol–water partition coefficient (Wildman–Crippen LogP) is 1.26. The van der Waals surface area contributed by atoms with Crippen molar-refractivity contribution in [2.75, 3.05) is 26.2 Å². The minimum Gasteiger partial charge on any atom is -0.389 e. The molecule has 0 aromatic carbocycles. The van der Waals surface area contributed by atoms with E-state index in [1.807, 2.05) is 13.8 Å². The summed E-state index contributed by atoms with van der Waals surface area (Å²) in [4.78, 5) is 2.27. The van der Waals surface area contributed by atoms with Crippen LogP contribution in [0, 0.1) is 12.3 Å². The van der Waals surface area contributed by atoms with E-state index in [1.54, 1.807) is 0 Å². The first kappa shape index (κ1) is 13.5. The Kier molecular flexibility index (Phi) is 5.27. The van der Waals surface area contributed by atoms with Crippen LogP contribution in [-0.4, -0.2) is 48.0 Å². The van der Waals surface area contributed by atoms with E-state index in [9.17, 15) is 5.11 Å². The van der Waals surface area contributed by atoms with Crippen molar-refractivity contribution in [3.05, 3.63) is 0 Å². The number of rotatable bonds is 6. The van der Waals surface area contributed by atoms with Gasteiger partial charge in [-0.1, -0.05) is 12.8 Å². The van der Waals surface area contributed by atoms with Gasteiger partial charge in [-0.25, -0.2) is 0 Å². The lowest BCUT2D eigenvalue weighted by Crippen LogP contribution is -2.36. The first-order valence-corrected chi connectivity index (χ1v) is 6.12. The SMILES string of the molecule is C#C[C@@](C)(CC)OC[C@H](O)CN1CCCC1. The molecule has 92 valence electrons. The predicted molar refractivity (Wildman–Crippen MR) is 65.2 cm³/mol.